The molecule has 1 fully saturated rings. The molecule has 1 N–H and O–H groups in total. The Balaban J connectivity index is 1.65. The fourth-order valence-electron chi connectivity index (χ4n) is 6.06. The van der Waals surface area contributed by atoms with Crippen LogP contribution in [0.2, 0.25) is 5.02 Å². The molecule has 3 atom stereocenters. The first-order valence-corrected chi connectivity index (χ1v) is 17.7. The number of likely N-dealkylation sites (tertiary alicyclic amines) is 1. The van der Waals surface area contributed by atoms with Gasteiger partial charge in [-0.05, 0) is 65.7 Å². The first kappa shape index (κ1) is 35.4. The number of nitrogens with zero attached hydrogens (tertiary/aromatic N) is 3. The number of aliphatic imine (C=N–C) groups is 1. The largest absolute Gasteiger partial charge is 0.465 e. The van der Waals surface area contributed by atoms with Gasteiger partial charge in [-0.1, -0.05) is 69.9 Å². The van der Waals surface area contributed by atoms with E-state index in [4.69, 9.17) is 21.3 Å². The third kappa shape index (κ3) is 6.68. The van der Waals surface area contributed by atoms with Crippen LogP contribution in [0, 0.1) is 5.82 Å². The number of rotatable bonds is 10. The van der Waals surface area contributed by atoms with Crippen LogP contribution < -0.4 is 0 Å². The Labute approximate surface area is 298 Å². The number of ether oxygens (including phenoxy) is 1. The minimum Gasteiger partial charge on any atom is -0.465 e. The Hall–Kier alpha value is -4.47. The van der Waals surface area contributed by atoms with Crippen molar-refractivity contribution in [1.82, 2.24) is 8.87 Å². The summed E-state index contributed by atoms with van der Waals surface area (Å²) in [6, 6.07) is 23.0. The van der Waals surface area contributed by atoms with Gasteiger partial charge in [0.15, 0.2) is 11.0 Å². The van der Waals surface area contributed by atoms with Gasteiger partial charge in [-0.3, -0.25) is 8.96 Å². The van der Waals surface area contributed by atoms with Gasteiger partial charge < -0.3 is 14.7 Å². The van der Waals surface area contributed by atoms with Crippen molar-refractivity contribution in [2.24, 2.45) is 4.99 Å². The maximum Gasteiger partial charge on any atom is 0.337 e. The molecule has 1 aliphatic heterocycles. The lowest BCUT2D eigenvalue weighted by molar-refractivity contribution is 0.0288. The van der Waals surface area contributed by atoms with Crippen LogP contribution in [0.15, 0.2) is 119 Å². The van der Waals surface area contributed by atoms with Gasteiger partial charge in [-0.2, -0.15) is 0 Å². The molecule has 4 aromatic carbocycles. The van der Waals surface area contributed by atoms with E-state index in [2.05, 4.69) is 15.8 Å². The van der Waals surface area contributed by atoms with Gasteiger partial charge in [-0.25, -0.2) is 17.8 Å². The minimum atomic E-state index is -1.91. The highest BCUT2D eigenvalue weighted by Crippen LogP contribution is 2.41. The standard InChI is InChI=1S/C38H33ClF2N3O4PS/c1-4-6-33(43-20-27(45)21-43)35(42-2)34-30-19-26(40)12-16-32(30)44(50(47)28-13-9-22(10-14-28)37(41)49)36(34)24-8-5-7-23(17-24)29-15-11-25(18-31(29)39)38(46)48-3/h4-19,27,37,45H,1,20-21,49H2,2-3H3/b33-6+,42-35?. The molecule has 0 bridgehead atoms. The van der Waals surface area contributed by atoms with E-state index >= 15 is 4.39 Å². The smallest absolute Gasteiger partial charge is 0.337 e. The molecule has 256 valence electrons. The summed E-state index contributed by atoms with van der Waals surface area (Å²) in [5, 5.41) is 11.0. The molecule has 0 saturated carbocycles. The predicted molar refractivity (Wildman–Crippen MR) is 199 cm³/mol. The molecule has 12 heteroatoms. The zero-order valence-corrected chi connectivity index (χ0v) is 29.9. The molecule has 5 aromatic rings. The highest BCUT2D eigenvalue weighted by atomic mass is 35.5. The van der Waals surface area contributed by atoms with E-state index < -0.39 is 34.8 Å². The summed E-state index contributed by atoms with van der Waals surface area (Å²) in [6.45, 7) is 4.61. The van der Waals surface area contributed by atoms with Gasteiger partial charge in [0.05, 0.1) is 46.3 Å². The lowest BCUT2D eigenvalue weighted by Crippen LogP contribution is -2.51. The van der Waals surface area contributed by atoms with Crippen molar-refractivity contribution < 1.29 is 27.6 Å². The number of alkyl halides is 1. The number of fused-ring (bicyclic) bond motifs is 1. The topological polar surface area (TPSA) is 84.1 Å². The molecular weight excluding hydrogens is 699 g/mol. The quantitative estimate of drug-likeness (QED) is 0.0679. The molecule has 0 spiro atoms. The van der Waals surface area contributed by atoms with Crippen LogP contribution in [0.25, 0.3) is 33.3 Å². The van der Waals surface area contributed by atoms with E-state index in [1.807, 2.05) is 29.2 Å². The Kier molecular flexibility index (Phi) is 10.5. The van der Waals surface area contributed by atoms with Gasteiger partial charge >= 0.3 is 5.97 Å². The van der Waals surface area contributed by atoms with Gasteiger partial charge in [0, 0.05) is 47.2 Å². The summed E-state index contributed by atoms with van der Waals surface area (Å²) in [5.41, 5.74) is 5.25. The molecule has 1 saturated heterocycles. The highest BCUT2D eigenvalue weighted by Gasteiger charge is 2.33. The molecule has 3 unspecified atom stereocenters. The number of carbonyl (C=O) groups is 1. The third-order valence-corrected chi connectivity index (χ3v) is 10.6. The second-order valence-electron chi connectivity index (χ2n) is 11.6. The third-order valence-electron chi connectivity index (χ3n) is 8.47. The van der Waals surface area contributed by atoms with Crippen LogP contribution >= 0.6 is 20.8 Å². The normalized spacial score (nSPS) is 15.1. The number of halogens is 3. The van der Waals surface area contributed by atoms with E-state index in [-0.39, 0.29) is 0 Å². The summed E-state index contributed by atoms with van der Waals surface area (Å²) < 4.78 is 50.4. The maximum atomic E-state index is 15.2. The number of esters is 1. The number of hydrogen-bond donors (Lipinski definition) is 1. The lowest BCUT2D eigenvalue weighted by atomic mass is 9.94. The van der Waals surface area contributed by atoms with Crippen molar-refractivity contribution in [3.63, 3.8) is 0 Å². The van der Waals surface area contributed by atoms with E-state index in [0.717, 1.165) is 0 Å². The first-order valence-electron chi connectivity index (χ1n) is 15.5. The average Bonchev–Trinajstić information content (AvgIpc) is 3.43. The number of hydrogen-bond acceptors (Lipinski definition) is 6. The monoisotopic (exact) mass is 731 g/mol. The van der Waals surface area contributed by atoms with Crippen molar-refractivity contribution in [2.75, 3.05) is 27.2 Å². The van der Waals surface area contributed by atoms with E-state index in [1.165, 1.54) is 25.3 Å². The molecule has 0 amide bonds. The SMILES string of the molecule is C=C/C=C(\C(=NC)c1c(-c2cccc(-c3ccc(C(=O)OC)cc3Cl)c2)n(S(=O)c2ccc(C(F)P)cc2)c2ccc(F)cc12)N1CC(O)C1. The molecule has 6 rings (SSSR count). The van der Waals surface area contributed by atoms with Crippen LogP contribution in [-0.4, -0.2) is 63.2 Å². The number of allylic oxidation sites excluding steroid dienone is 3. The molecular formula is C38H33ClF2N3O4PS. The fraction of sp³-hybridized carbons (Fsp3) is 0.158. The Morgan fingerprint density at radius 3 is 2.44 bits per heavy atom. The number of benzene rings is 4. The van der Waals surface area contributed by atoms with E-state index in [0.29, 0.717) is 84.4 Å². The van der Waals surface area contributed by atoms with Crippen molar-refractivity contribution in [3.05, 3.63) is 137 Å². The van der Waals surface area contributed by atoms with Gasteiger partial charge in [-0.15, -0.1) is 0 Å². The summed E-state index contributed by atoms with van der Waals surface area (Å²) >= 11 is 6.70. The minimum absolute atomic E-state index is 0.297. The maximum absolute atomic E-state index is 15.2. The Morgan fingerprint density at radius 2 is 1.82 bits per heavy atom. The van der Waals surface area contributed by atoms with Crippen LogP contribution in [0.4, 0.5) is 8.78 Å². The number of β-amino-alcohol motifs (C(OH)–C–C–N with tert-alkyl or cyclic N) is 1. The summed E-state index contributed by atoms with van der Waals surface area (Å²) in [6.07, 6.45) is 2.88. The van der Waals surface area contributed by atoms with Crippen LogP contribution in [0.1, 0.15) is 27.4 Å². The zero-order chi connectivity index (χ0) is 35.7. The fourth-order valence-corrected chi connectivity index (χ4v) is 7.85. The number of methoxy groups -OCH3 is 1. The van der Waals surface area contributed by atoms with Gasteiger partial charge in [0.1, 0.15) is 11.7 Å². The number of carbonyl (C=O) groups excluding carboxylic acids is 1. The Morgan fingerprint density at radius 1 is 1.10 bits per heavy atom. The van der Waals surface area contributed by atoms with Crippen LogP contribution in [-0.2, 0) is 15.7 Å². The second-order valence-corrected chi connectivity index (χ2v) is 13.9. The summed E-state index contributed by atoms with van der Waals surface area (Å²) in [4.78, 5) is 19.2. The van der Waals surface area contributed by atoms with Crippen molar-refractivity contribution in [2.45, 2.75) is 16.9 Å². The molecule has 2 heterocycles. The zero-order valence-electron chi connectivity index (χ0n) is 27.1. The highest BCUT2D eigenvalue weighted by molar-refractivity contribution is 7.83. The molecule has 7 nitrogen and oxygen atoms in total. The Bertz CT molecular complexity index is 2210. The van der Waals surface area contributed by atoms with E-state index in [1.54, 1.807) is 65.6 Å². The second kappa shape index (κ2) is 14.8. The van der Waals surface area contributed by atoms with Gasteiger partial charge in [0.2, 0.25) is 0 Å². The molecule has 50 heavy (non-hydrogen) atoms. The summed E-state index contributed by atoms with van der Waals surface area (Å²) in [5.74, 6) is -2.31. The molecule has 0 aliphatic carbocycles. The van der Waals surface area contributed by atoms with Crippen molar-refractivity contribution in [1.29, 1.82) is 0 Å². The molecule has 1 aliphatic rings. The van der Waals surface area contributed by atoms with Crippen molar-refractivity contribution >= 4 is 54.4 Å². The lowest BCUT2D eigenvalue weighted by Gasteiger charge is -2.40. The van der Waals surface area contributed by atoms with E-state index in [9.17, 15) is 18.5 Å². The van der Waals surface area contributed by atoms with Crippen LogP contribution in [0.5, 0.6) is 0 Å². The number of aromatic nitrogens is 1. The number of aliphatic hydroxyl groups excluding tert-OH is 1. The number of aliphatic hydroxyl groups is 1. The van der Waals surface area contributed by atoms with Crippen molar-refractivity contribution in [3.8, 4) is 22.4 Å². The molecule has 1 aromatic heterocycles. The average molecular weight is 732 g/mol. The first-order chi connectivity index (χ1) is 24.1. The summed E-state index contributed by atoms with van der Waals surface area (Å²) in [7, 11) is 3.11. The van der Waals surface area contributed by atoms with Crippen LogP contribution in [0.3, 0.4) is 0 Å². The molecule has 0 radical (unpaired) electrons. The van der Waals surface area contributed by atoms with Gasteiger partial charge in [0.25, 0.3) is 0 Å². The predicted octanol–water partition coefficient (Wildman–Crippen LogP) is 8.13.